The van der Waals surface area contributed by atoms with E-state index in [0.29, 0.717) is 6.54 Å². The third-order valence-corrected chi connectivity index (χ3v) is 5.14. The number of benzene rings is 2. The maximum Gasteiger partial charge on any atom is 0.227 e. The number of hydrogen-bond donors (Lipinski definition) is 1. The molecule has 2 aromatic carbocycles. The molecule has 0 saturated carbocycles. The Labute approximate surface area is 149 Å². The summed E-state index contributed by atoms with van der Waals surface area (Å²) < 4.78 is 5.34. The number of likely N-dealkylation sites (N-methyl/N-ethyl adjacent to an activating group) is 1. The number of carbonyl (C=O) groups is 1. The Morgan fingerprint density at radius 1 is 1.28 bits per heavy atom. The Morgan fingerprint density at radius 3 is 2.76 bits per heavy atom. The molecule has 132 valence electrons. The molecule has 1 aliphatic heterocycles. The molecule has 0 radical (unpaired) electrons. The van der Waals surface area contributed by atoms with Crippen LogP contribution < -0.4 is 10.1 Å². The number of amides is 1. The number of nitrogens with zero attached hydrogens (tertiary/aromatic N) is 1. The van der Waals surface area contributed by atoms with Crippen molar-refractivity contribution in [3.05, 3.63) is 65.2 Å². The van der Waals surface area contributed by atoms with Crippen LogP contribution in [0.1, 0.15) is 35.6 Å². The molecule has 1 amide bonds. The fraction of sp³-hybridized carbons (Fsp3) is 0.381. The molecule has 1 heterocycles. The average molecular weight is 338 g/mol. The molecular weight excluding hydrogens is 312 g/mol. The predicted molar refractivity (Wildman–Crippen MR) is 99.9 cm³/mol. The second kappa shape index (κ2) is 7.70. The lowest BCUT2D eigenvalue weighted by molar-refractivity contribution is -0.122. The minimum Gasteiger partial charge on any atom is -0.497 e. The van der Waals surface area contributed by atoms with Crippen molar-refractivity contribution in [3.63, 3.8) is 0 Å². The van der Waals surface area contributed by atoms with Gasteiger partial charge in [-0.15, -0.1) is 0 Å². The molecule has 2 unspecified atom stereocenters. The van der Waals surface area contributed by atoms with Gasteiger partial charge in [-0.05, 0) is 49.2 Å². The van der Waals surface area contributed by atoms with Gasteiger partial charge in [-0.1, -0.05) is 36.4 Å². The lowest BCUT2D eigenvalue weighted by atomic mass is 9.92. The van der Waals surface area contributed by atoms with Crippen molar-refractivity contribution in [1.82, 2.24) is 10.2 Å². The van der Waals surface area contributed by atoms with E-state index in [9.17, 15) is 4.79 Å². The molecule has 0 bridgehead atoms. The number of fused-ring (bicyclic) bond motifs is 1. The van der Waals surface area contributed by atoms with Crippen LogP contribution in [0.15, 0.2) is 48.5 Å². The van der Waals surface area contributed by atoms with Crippen LogP contribution in [-0.2, 0) is 11.2 Å². The smallest absolute Gasteiger partial charge is 0.227 e. The van der Waals surface area contributed by atoms with Crippen molar-refractivity contribution in [2.24, 2.45) is 0 Å². The van der Waals surface area contributed by atoms with Crippen LogP contribution in [0.5, 0.6) is 5.75 Å². The highest BCUT2D eigenvalue weighted by Crippen LogP contribution is 2.31. The first-order valence-corrected chi connectivity index (χ1v) is 8.80. The quantitative estimate of drug-likeness (QED) is 0.911. The molecule has 2 aromatic rings. The van der Waals surface area contributed by atoms with Crippen LogP contribution in [0.25, 0.3) is 0 Å². The number of ether oxygens (including phenoxy) is 1. The summed E-state index contributed by atoms with van der Waals surface area (Å²) >= 11 is 0. The van der Waals surface area contributed by atoms with Crippen molar-refractivity contribution < 1.29 is 9.53 Å². The average Bonchev–Trinajstić information content (AvgIpc) is 2.66. The fourth-order valence-electron chi connectivity index (χ4n) is 3.45. The van der Waals surface area contributed by atoms with Gasteiger partial charge in [-0.3, -0.25) is 9.69 Å². The highest BCUT2D eigenvalue weighted by Gasteiger charge is 2.26. The Kier molecular flexibility index (Phi) is 5.39. The summed E-state index contributed by atoms with van der Waals surface area (Å²) in [7, 11) is 3.81. The number of hydrogen-bond acceptors (Lipinski definition) is 3. The second-order valence-electron chi connectivity index (χ2n) is 6.69. The Balaban J connectivity index is 1.69. The molecule has 0 fully saturated rings. The van der Waals surface area contributed by atoms with Crippen molar-refractivity contribution in [2.75, 3.05) is 27.2 Å². The van der Waals surface area contributed by atoms with Crippen LogP contribution in [-0.4, -0.2) is 38.1 Å². The van der Waals surface area contributed by atoms with E-state index in [2.05, 4.69) is 29.4 Å². The van der Waals surface area contributed by atoms with E-state index in [1.807, 2.05) is 43.3 Å². The molecule has 4 nitrogen and oxygen atoms in total. The van der Waals surface area contributed by atoms with Crippen LogP contribution in [0.3, 0.4) is 0 Å². The topological polar surface area (TPSA) is 41.6 Å². The van der Waals surface area contributed by atoms with E-state index in [-0.39, 0.29) is 17.9 Å². The van der Waals surface area contributed by atoms with Gasteiger partial charge in [0.05, 0.1) is 19.1 Å². The van der Waals surface area contributed by atoms with Gasteiger partial charge in [0.2, 0.25) is 5.91 Å². The van der Waals surface area contributed by atoms with E-state index in [0.717, 1.165) is 24.3 Å². The number of nitrogens with one attached hydrogen (secondary N) is 1. The lowest BCUT2D eigenvalue weighted by Gasteiger charge is -2.35. The minimum atomic E-state index is -0.148. The van der Waals surface area contributed by atoms with E-state index < -0.39 is 0 Å². The van der Waals surface area contributed by atoms with Gasteiger partial charge in [0.1, 0.15) is 5.75 Å². The van der Waals surface area contributed by atoms with Crippen LogP contribution in [0, 0.1) is 0 Å². The molecule has 1 N–H and O–H groups in total. The molecule has 0 aromatic heterocycles. The first-order chi connectivity index (χ1) is 12.1. The lowest BCUT2D eigenvalue weighted by Crippen LogP contribution is -2.41. The zero-order valence-corrected chi connectivity index (χ0v) is 15.2. The minimum absolute atomic E-state index is 0.0697. The van der Waals surface area contributed by atoms with Gasteiger partial charge in [0, 0.05) is 13.1 Å². The van der Waals surface area contributed by atoms with Gasteiger partial charge < -0.3 is 10.1 Å². The number of rotatable bonds is 5. The molecule has 2 atom stereocenters. The van der Waals surface area contributed by atoms with Crippen molar-refractivity contribution in [3.8, 4) is 5.75 Å². The third kappa shape index (κ3) is 3.85. The van der Waals surface area contributed by atoms with Crippen molar-refractivity contribution >= 4 is 5.91 Å². The molecule has 3 rings (SSSR count). The van der Waals surface area contributed by atoms with Crippen molar-refractivity contribution in [2.45, 2.75) is 25.3 Å². The largest absolute Gasteiger partial charge is 0.497 e. The fourth-order valence-corrected chi connectivity index (χ4v) is 3.45. The number of carbonyl (C=O) groups excluding carboxylic acids is 1. The SMILES string of the molecule is COc1ccc2c(c1)CCN(C)C2CNC(=O)C(C)c1ccccc1. The highest BCUT2D eigenvalue weighted by atomic mass is 16.5. The van der Waals surface area contributed by atoms with Gasteiger partial charge in [-0.2, -0.15) is 0 Å². The van der Waals surface area contributed by atoms with E-state index >= 15 is 0 Å². The van der Waals surface area contributed by atoms with E-state index in [4.69, 9.17) is 4.74 Å². The summed E-state index contributed by atoms with van der Waals surface area (Å²) in [5, 5.41) is 3.14. The third-order valence-electron chi connectivity index (χ3n) is 5.14. The molecule has 4 heteroatoms. The molecule has 0 spiro atoms. The van der Waals surface area contributed by atoms with Gasteiger partial charge in [0.15, 0.2) is 0 Å². The van der Waals surface area contributed by atoms with Gasteiger partial charge in [-0.25, -0.2) is 0 Å². The molecule has 0 saturated heterocycles. The summed E-state index contributed by atoms with van der Waals surface area (Å²) in [4.78, 5) is 14.9. The molecule has 25 heavy (non-hydrogen) atoms. The maximum atomic E-state index is 12.6. The Morgan fingerprint density at radius 2 is 2.04 bits per heavy atom. The van der Waals surface area contributed by atoms with Crippen molar-refractivity contribution in [1.29, 1.82) is 0 Å². The normalized spacial score (nSPS) is 18.3. The predicted octanol–water partition coefficient (Wildman–Crippen LogP) is 3.14. The van der Waals surface area contributed by atoms with Gasteiger partial charge in [0.25, 0.3) is 0 Å². The first-order valence-electron chi connectivity index (χ1n) is 8.80. The molecule has 0 aliphatic carbocycles. The van der Waals surface area contributed by atoms with E-state index in [1.165, 1.54) is 11.1 Å². The second-order valence-corrected chi connectivity index (χ2v) is 6.69. The number of methoxy groups -OCH3 is 1. The zero-order valence-electron chi connectivity index (χ0n) is 15.2. The highest BCUT2D eigenvalue weighted by molar-refractivity contribution is 5.83. The summed E-state index contributed by atoms with van der Waals surface area (Å²) in [5.74, 6) is 0.814. The zero-order chi connectivity index (χ0) is 17.8. The Bertz CT molecular complexity index is 730. The summed E-state index contributed by atoms with van der Waals surface area (Å²) in [6.07, 6.45) is 1.01. The summed E-state index contributed by atoms with van der Waals surface area (Å²) in [6, 6.07) is 16.3. The monoisotopic (exact) mass is 338 g/mol. The van der Waals surface area contributed by atoms with E-state index in [1.54, 1.807) is 7.11 Å². The Hall–Kier alpha value is -2.33. The summed E-state index contributed by atoms with van der Waals surface area (Å²) in [6.45, 7) is 3.55. The van der Waals surface area contributed by atoms with Crippen LogP contribution in [0.2, 0.25) is 0 Å². The van der Waals surface area contributed by atoms with Gasteiger partial charge >= 0.3 is 0 Å². The van der Waals surface area contributed by atoms with Crippen LogP contribution in [0.4, 0.5) is 0 Å². The molecule has 1 aliphatic rings. The first kappa shape index (κ1) is 17.5. The van der Waals surface area contributed by atoms with Crippen LogP contribution >= 0.6 is 0 Å². The maximum absolute atomic E-state index is 12.6. The summed E-state index contributed by atoms with van der Waals surface area (Å²) in [5.41, 5.74) is 3.64. The molecular formula is C21H26N2O2. The standard InChI is InChI=1S/C21H26N2O2/c1-15(16-7-5-4-6-8-16)21(24)22-14-20-19-10-9-18(25-3)13-17(19)11-12-23(20)2/h4-10,13,15,20H,11-12,14H2,1-3H3,(H,22,24).